The predicted octanol–water partition coefficient (Wildman–Crippen LogP) is 1.51. The Kier molecular flexibility index (Phi) is 3.75. The molecule has 1 saturated carbocycles. The minimum absolute atomic E-state index is 0.123. The van der Waals surface area contributed by atoms with Crippen molar-refractivity contribution in [2.24, 2.45) is 5.73 Å². The van der Waals surface area contributed by atoms with E-state index in [1.165, 1.54) is 6.07 Å². The van der Waals surface area contributed by atoms with Crippen LogP contribution >= 0.6 is 0 Å². The van der Waals surface area contributed by atoms with Gasteiger partial charge in [0.25, 0.3) is 0 Å². The lowest BCUT2D eigenvalue weighted by atomic mass is 9.97. The molecule has 0 aliphatic heterocycles. The summed E-state index contributed by atoms with van der Waals surface area (Å²) in [6.07, 6.45) is 1.74. The zero-order valence-electron chi connectivity index (χ0n) is 11.2. The van der Waals surface area contributed by atoms with Gasteiger partial charge >= 0.3 is 0 Å². The maximum Gasteiger partial charge on any atom is 0.237 e. The van der Waals surface area contributed by atoms with E-state index in [0.29, 0.717) is 24.2 Å². The van der Waals surface area contributed by atoms with Gasteiger partial charge in [-0.3, -0.25) is 4.79 Å². The van der Waals surface area contributed by atoms with Crippen molar-refractivity contribution in [3.63, 3.8) is 0 Å². The van der Waals surface area contributed by atoms with Crippen LogP contribution in [0, 0.1) is 12.7 Å². The molecule has 1 aromatic carbocycles. The molecule has 0 saturated heterocycles. The Morgan fingerprint density at radius 1 is 1.58 bits per heavy atom. The third-order valence-electron chi connectivity index (χ3n) is 3.87. The van der Waals surface area contributed by atoms with Crippen molar-refractivity contribution in [2.45, 2.75) is 37.8 Å². The molecule has 2 atom stereocenters. The van der Waals surface area contributed by atoms with Gasteiger partial charge in [0.15, 0.2) is 0 Å². The van der Waals surface area contributed by atoms with Gasteiger partial charge in [0, 0.05) is 12.5 Å². The Balaban J connectivity index is 2.05. The molecule has 1 amide bonds. The van der Waals surface area contributed by atoms with Gasteiger partial charge in [-0.1, -0.05) is 6.07 Å². The first-order valence-corrected chi connectivity index (χ1v) is 6.38. The lowest BCUT2D eigenvalue weighted by Gasteiger charge is -2.24. The largest absolute Gasteiger partial charge is 0.490 e. The van der Waals surface area contributed by atoms with Gasteiger partial charge in [-0.2, -0.15) is 0 Å². The number of ether oxygens (including phenoxy) is 1. The highest BCUT2D eigenvalue weighted by Crippen LogP contribution is 2.32. The summed E-state index contributed by atoms with van der Waals surface area (Å²) >= 11 is 0. The summed E-state index contributed by atoms with van der Waals surface area (Å²) in [4.78, 5) is 11.5. The fourth-order valence-corrected chi connectivity index (χ4v) is 2.51. The molecule has 1 fully saturated rings. The summed E-state index contributed by atoms with van der Waals surface area (Å²) in [5.41, 5.74) is 5.31. The molecule has 5 heteroatoms. The number of nitrogens with two attached hydrogens (primary N) is 1. The number of primary amides is 1. The molecule has 3 N–H and O–H groups in total. The summed E-state index contributed by atoms with van der Waals surface area (Å²) in [6, 6.07) is 4.79. The molecule has 19 heavy (non-hydrogen) atoms. The maximum atomic E-state index is 13.4. The highest BCUT2D eigenvalue weighted by atomic mass is 19.1. The van der Waals surface area contributed by atoms with Crippen molar-refractivity contribution >= 4 is 5.91 Å². The molecule has 0 heterocycles. The number of amides is 1. The van der Waals surface area contributed by atoms with Crippen molar-refractivity contribution in [1.82, 2.24) is 5.32 Å². The molecule has 0 bridgehead atoms. The summed E-state index contributed by atoms with van der Waals surface area (Å²) in [6.45, 7) is 1.70. The third kappa shape index (κ3) is 2.71. The van der Waals surface area contributed by atoms with Crippen LogP contribution in [-0.2, 0) is 4.79 Å². The summed E-state index contributed by atoms with van der Waals surface area (Å²) in [5, 5.41) is 2.98. The number of halogens is 1. The molecule has 0 aromatic heterocycles. The lowest BCUT2D eigenvalue weighted by Crippen LogP contribution is -2.52. The first kappa shape index (κ1) is 13.8. The summed E-state index contributed by atoms with van der Waals surface area (Å²) in [5.74, 6) is -0.161. The quantitative estimate of drug-likeness (QED) is 0.868. The normalized spacial score (nSPS) is 26.4. The molecule has 2 rings (SSSR count). The van der Waals surface area contributed by atoms with Crippen LogP contribution in [0.4, 0.5) is 4.39 Å². The molecular weight excluding hydrogens is 247 g/mol. The van der Waals surface area contributed by atoms with Gasteiger partial charge in [0.05, 0.1) is 0 Å². The maximum absolute atomic E-state index is 13.4. The Morgan fingerprint density at radius 3 is 2.84 bits per heavy atom. The van der Waals surface area contributed by atoms with E-state index >= 15 is 0 Å². The SMILES string of the molecule is CNC1(C(N)=O)CCC(Oc2ccc(C)c(F)c2)C1. The average molecular weight is 266 g/mol. The van der Waals surface area contributed by atoms with E-state index in [-0.39, 0.29) is 17.8 Å². The van der Waals surface area contributed by atoms with Gasteiger partial charge in [0.2, 0.25) is 5.91 Å². The second kappa shape index (κ2) is 5.17. The van der Waals surface area contributed by atoms with Gasteiger partial charge < -0.3 is 15.8 Å². The van der Waals surface area contributed by atoms with Crippen LogP contribution < -0.4 is 15.8 Å². The van der Waals surface area contributed by atoms with Crippen LogP contribution in [0.5, 0.6) is 5.75 Å². The van der Waals surface area contributed by atoms with Gasteiger partial charge in [0.1, 0.15) is 23.2 Å². The smallest absolute Gasteiger partial charge is 0.237 e. The Labute approximate surface area is 112 Å². The topological polar surface area (TPSA) is 64.3 Å². The first-order chi connectivity index (χ1) is 8.97. The highest BCUT2D eigenvalue weighted by Gasteiger charge is 2.43. The Hall–Kier alpha value is -1.62. The number of rotatable bonds is 4. The number of nitrogens with one attached hydrogen (secondary N) is 1. The minimum atomic E-state index is -0.700. The summed E-state index contributed by atoms with van der Waals surface area (Å²) < 4.78 is 19.2. The summed E-state index contributed by atoms with van der Waals surface area (Å²) in [7, 11) is 1.72. The van der Waals surface area contributed by atoms with E-state index in [0.717, 1.165) is 6.42 Å². The zero-order chi connectivity index (χ0) is 14.0. The van der Waals surface area contributed by atoms with Crippen molar-refractivity contribution in [3.05, 3.63) is 29.6 Å². The Morgan fingerprint density at radius 2 is 2.32 bits per heavy atom. The number of benzene rings is 1. The molecule has 0 spiro atoms. The van der Waals surface area contributed by atoms with E-state index in [9.17, 15) is 9.18 Å². The van der Waals surface area contributed by atoms with Crippen LogP contribution in [0.1, 0.15) is 24.8 Å². The van der Waals surface area contributed by atoms with Gasteiger partial charge in [-0.15, -0.1) is 0 Å². The first-order valence-electron chi connectivity index (χ1n) is 6.38. The zero-order valence-corrected chi connectivity index (χ0v) is 11.2. The van der Waals surface area contributed by atoms with Crippen molar-refractivity contribution < 1.29 is 13.9 Å². The molecule has 1 aromatic rings. The van der Waals surface area contributed by atoms with Crippen molar-refractivity contribution in [3.8, 4) is 5.75 Å². The fraction of sp³-hybridized carbons (Fsp3) is 0.500. The number of carbonyl (C=O) groups is 1. The molecule has 4 nitrogen and oxygen atoms in total. The lowest BCUT2D eigenvalue weighted by molar-refractivity contribution is -0.124. The van der Waals surface area contributed by atoms with Crippen LogP contribution in [0.15, 0.2) is 18.2 Å². The van der Waals surface area contributed by atoms with E-state index in [1.807, 2.05) is 0 Å². The fourth-order valence-electron chi connectivity index (χ4n) is 2.51. The minimum Gasteiger partial charge on any atom is -0.490 e. The second-order valence-electron chi connectivity index (χ2n) is 5.09. The molecule has 1 aliphatic carbocycles. The van der Waals surface area contributed by atoms with Crippen molar-refractivity contribution in [2.75, 3.05) is 7.05 Å². The number of hydrogen-bond acceptors (Lipinski definition) is 3. The van der Waals surface area contributed by atoms with Crippen molar-refractivity contribution in [1.29, 1.82) is 0 Å². The van der Waals surface area contributed by atoms with E-state index in [4.69, 9.17) is 10.5 Å². The highest BCUT2D eigenvalue weighted by molar-refractivity contribution is 5.85. The van der Waals surface area contributed by atoms with E-state index < -0.39 is 5.54 Å². The van der Waals surface area contributed by atoms with Crippen LogP contribution in [-0.4, -0.2) is 24.6 Å². The molecule has 1 aliphatic rings. The number of likely N-dealkylation sites (N-methyl/N-ethyl adjacent to an activating group) is 1. The standard InChI is InChI=1S/C14H19FN2O2/c1-9-3-4-10(7-12(9)15)19-11-5-6-14(8-11,17-2)13(16)18/h3-4,7,11,17H,5-6,8H2,1-2H3,(H2,16,18). The van der Waals surface area contributed by atoms with E-state index in [2.05, 4.69) is 5.32 Å². The monoisotopic (exact) mass is 266 g/mol. The van der Waals surface area contributed by atoms with Crippen LogP contribution in [0.25, 0.3) is 0 Å². The molecule has 0 radical (unpaired) electrons. The molecule has 2 unspecified atom stereocenters. The molecular formula is C14H19FN2O2. The second-order valence-corrected chi connectivity index (χ2v) is 5.09. The van der Waals surface area contributed by atoms with Crippen LogP contribution in [0.3, 0.4) is 0 Å². The predicted molar refractivity (Wildman–Crippen MR) is 70.4 cm³/mol. The van der Waals surface area contributed by atoms with Gasteiger partial charge in [-0.25, -0.2) is 4.39 Å². The number of aryl methyl sites for hydroxylation is 1. The third-order valence-corrected chi connectivity index (χ3v) is 3.87. The Bertz CT molecular complexity index is 492. The van der Waals surface area contributed by atoms with Gasteiger partial charge in [-0.05, 0) is 38.4 Å². The molecule has 104 valence electrons. The van der Waals surface area contributed by atoms with Crippen LogP contribution in [0.2, 0.25) is 0 Å². The average Bonchev–Trinajstić information content (AvgIpc) is 2.79. The van der Waals surface area contributed by atoms with E-state index in [1.54, 1.807) is 26.1 Å². The number of hydrogen-bond donors (Lipinski definition) is 2. The number of carbonyl (C=O) groups excluding carboxylic acids is 1.